The van der Waals surface area contributed by atoms with Crippen molar-refractivity contribution in [2.75, 3.05) is 10.2 Å². The molecule has 0 radical (unpaired) electrons. The SMILES string of the molecule is CCC(=O)N(c1nnc(S[C@@H](C(=O)Nc2ccc(F)cc2)c2ccccc2)s1)C1CC1. The summed E-state index contributed by atoms with van der Waals surface area (Å²) in [5, 5.41) is 11.3. The number of aromatic nitrogens is 2. The second kappa shape index (κ2) is 9.57. The van der Waals surface area contributed by atoms with Gasteiger partial charge in [0.2, 0.25) is 16.9 Å². The number of carbonyl (C=O) groups excluding carboxylic acids is 2. The molecule has 4 rings (SSSR count). The summed E-state index contributed by atoms with van der Waals surface area (Å²) in [6.45, 7) is 1.83. The minimum Gasteiger partial charge on any atom is -0.325 e. The zero-order chi connectivity index (χ0) is 21.8. The highest BCUT2D eigenvalue weighted by Crippen LogP contribution is 2.41. The predicted molar refractivity (Wildman–Crippen MR) is 121 cm³/mol. The van der Waals surface area contributed by atoms with Gasteiger partial charge < -0.3 is 5.32 Å². The van der Waals surface area contributed by atoms with Crippen molar-refractivity contribution in [2.45, 2.75) is 41.8 Å². The van der Waals surface area contributed by atoms with Crippen molar-refractivity contribution in [3.8, 4) is 0 Å². The Morgan fingerprint density at radius 3 is 2.52 bits per heavy atom. The van der Waals surface area contributed by atoms with E-state index in [0.717, 1.165) is 18.4 Å². The van der Waals surface area contributed by atoms with Crippen LogP contribution in [-0.2, 0) is 9.59 Å². The number of nitrogens with zero attached hydrogens (tertiary/aromatic N) is 3. The van der Waals surface area contributed by atoms with Gasteiger partial charge in [0.15, 0.2) is 4.34 Å². The van der Waals surface area contributed by atoms with Gasteiger partial charge in [-0.25, -0.2) is 4.39 Å². The third-order valence-corrected chi connectivity index (χ3v) is 7.02. The average molecular weight is 457 g/mol. The van der Waals surface area contributed by atoms with Crippen LogP contribution in [0, 0.1) is 5.82 Å². The summed E-state index contributed by atoms with van der Waals surface area (Å²) in [5.41, 5.74) is 1.33. The molecule has 1 aliphatic rings. The highest BCUT2D eigenvalue weighted by Gasteiger charge is 2.35. The van der Waals surface area contributed by atoms with Crippen molar-refractivity contribution in [1.29, 1.82) is 0 Å². The molecule has 2 amide bonds. The number of hydrogen-bond donors (Lipinski definition) is 1. The number of nitrogens with one attached hydrogen (secondary N) is 1. The van der Waals surface area contributed by atoms with E-state index in [-0.39, 0.29) is 23.7 Å². The van der Waals surface area contributed by atoms with Crippen LogP contribution >= 0.6 is 23.1 Å². The molecule has 1 heterocycles. The first-order chi connectivity index (χ1) is 15.0. The van der Waals surface area contributed by atoms with Crippen LogP contribution < -0.4 is 10.2 Å². The molecule has 0 aliphatic heterocycles. The average Bonchev–Trinajstić information content (AvgIpc) is 3.51. The quantitative estimate of drug-likeness (QED) is 0.379. The Balaban J connectivity index is 1.55. The third kappa shape index (κ3) is 5.29. The van der Waals surface area contributed by atoms with Gasteiger partial charge >= 0.3 is 0 Å². The van der Waals surface area contributed by atoms with Crippen molar-refractivity contribution in [3.63, 3.8) is 0 Å². The van der Waals surface area contributed by atoms with Gasteiger partial charge in [-0.1, -0.05) is 60.4 Å². The Kier molecular flexibility index (Phi) is 6.62. The molecule has 0 unspecified atom stereocenters. The minimum absolute atomic E-state index is 0.0314. The molecule has 1 aliphatic carbocycles. The Morgan fingerprint density at radius 2 is 1.87 bits per heavy atom. The number of hydrogen-bond acceptors (Lipinski definition) is 6. The van der Waals surface area contributed by atoms with Gasteiger partial charge in [0.1, 0.15) is 11.1 Å². The van der Waals surface area contributed by atoms with E-state index in [0.29, 0.717) is 21.6 Å². The van der Waals surface area contributed by atoms with Gasteiger partial charge in [-0.05, 0) is 42.7 Å². The monoisotopic (exact) mass is 456 g/mol. The summed E-state index contributed by atoms with van der Waals surface area (Å²) in [6, 6.07) is 15.2. The molecule has 1 N–H and O–H groups in total. The fourth-order valence-corrected chi connectivity index (χ4v) is 5.18. The van der Waals surface area contributed by atoms with Gasteiger partial charge in [0, 0.05) is 18.2 Å². The largest absolute Gasteiger partial charge is 0.325 e. The molecule has 2 aromatic carbocycles. The summed E-state index contributed by atoms with van der Waals surface area (Å²) in [5.74, 6) is -0.581. The van der Waals surface area contributed by atoms with Gasteiger partial charge in [-0.3, -0.25) is 14.5 Å². The lowest BCUT2D eigenvalue weighted by Gasteiger charge is -2.17. The Morgan fingerprint density at radius 1 is 1.16 bits per heavy atom. The standard InChI is InChI=1S/C22H21FN4O2S2/c1-2-18(28)27(17-12-13-17)21-25-26-22(31-21)30-19(14-6-4-3-5-7-14)20(29)24-16-10-8-15(23)9-11-16/h3-11,17,19H,2,12-13H2,1H3,(H,24,29)/t19-/m1/s1. The van der Waals surface area contributed by atoms with Gasteiger partial charge in [-0.15, -0.1) is 10.2 Å². The van der Waals surface area contributed by atoms with Crippen LogP contribution in [0.1, 0.15) is 37.0 Å². The van der Waals surface area contributed by atoms with E-state index in [1.165, 1.54) is 47.4 Å². The Labute approximate surface area is 187 Å². The first kappa shape index (κ1) is 21.5. The molecule has 9 heteroatoms. The molecule has 1 fully saturated rings. The van der Waals surface area contributed by atoms with E-state index in [1.54, 1.807) is 4.90 Å². The molecule has 0 bridgehead atoms. The molecule has 6 nitrogen and oxygen atoms in total. The zero-order valence-corrected chi connectivity index (χ0v) is 18.5. The zero-order valence-electron chi connectivity index (χ0n) is 16.8. The first-order valence-corrected chi connectivity index (χ1v) is 11.7. The van der Waals surface area contributed by atoms with Crippen molar-refractivity contribution in [3.05, 3.63) is 66.0 Å². The van der Waals surface area contributed by atoms with Crippen LogP contribution in [0.4, 0.5) is 15.2 Å². The minimum atomic E-state index is -0.580. The summed E-state index contributed by atoms with van der Waals surface area (Å²) in [6.07, 6.45) is 2.35. The summed E-state index contributed by atoms with van der Waals surface area (Å²) < 4.78 is 13.8. The van der Waals surface area contributed by atoms with Crippen molar-refractivity contribution in [2.24, 2.45) is 0 Å². The number of thioether (sulfide) groups is 1. The van der Waals surface area contributed by atoms with Crippen LogP contribution in [0.5, 0.6) is 0 Å². The smallest absolute Gasteiger partial charge is 0.242 e. The van der Waals surface area contributed by atoms with Gasteiger partial charge in [-0.2, -0.15) is 0 Å². The van der Waals surface area contributed by atoms with Gasteiger partial charge in [0.05, 0.1) is 0 Å². The Bertz CT molecular complexity index is 1050. The lowest BCUT2D eigenvalue weighted by atomic mass is 10.1. The third-order valence-electron chi connectivity index (χ3n) is 4.76. The number of benzene rings is 2. The van der Waals surface area contributed by atoms with E-state index >= 15 is 0 Å². The lowest BCUT2D eigenvalue weighted by molar-refractivity contribution is -0.118. The maximum atomic E-state index is 13.2. The van der Waals surface area contributed by atoms with E-state index in [9.17, 15) is 14.0 Å². The van der Waals surface area contributed by atoms with Crippen LogP contribution in [0.2, 0.25) is 0 Å². The summed E-state index contributed by atoms with van der Waals surface area (Å²) in [7, 11) is 0. The molecular formula is C22H21FN4O2S2. The maximum Gasteiger partial charge on any atom is 0.242 e. The second-order valence-corrected chi connectivity index (χ2v) is 9.41. The molecule has 3 aromatic rings. The number of rotatable bonds is 8. The summed E-state index contributed by atoms with van der Waals surface area (Å²) in [4.78, 5) is 27.2. The van der Waals surface area contributed by atoms with Crippen molar-refractivity contribution >= 4 is 45.7 Å². The second-order valence-electron chi connectivity index (χ2n) is 7.10. The predicted octanol–water partition coefficient (Wildman–Crippen LogP) is 5.05. The van der Waals surface area contributed by atoms with E-state index < -0.39 is 5.25 Å². The molecular weight excluding hydrogens is 435 g/mol. The molecule has 31 heavy (non-hydrogen) atoms. The highest BCUT2D eigenvalue weighted by molar-refractivity contribution is 8.02. The number of carbonyl (C=O) groups is 2. The lowest BCUT2D eigenvalue weighted by Crippen LogP contribution is -2.32. The first-order valence-electron chi connectivity index (χ1n) is 9.98. The van der Waals surface area contributed by atoms with Crippen LogP contribution in [-0.4, -0.2) is 28.1 Å². The molecule has 0 saturated heterocycles. The molecule has 1 atom stereocenters. The van der Waals surface area contributed by atoms with Crippen LogP contribution in [0.3, 0.4) is 0 Å². The molecule has 1 aromatic heterocycles. The molecule has 1 saturated carbocycles. The number of amides is 2. The maximum absolute atomic E-state index is 13.2. The highest BCUT2D eigenvalue weighted by atomic mass is 32.2. The molecule has 0 spiro atoms. The van der Waals surface area contributed by atoms with Crippen molar-refractivity contribution < 1.29 is 14.0 Å². The van der Waals surface area contributed by atoms with E-state index in [4.69, 9.17) is 0 Å². The normalized spacial score (nSPS) is 14.1. The van der Waals surface area contributed by atoms with Crippen LogP contribution in [0.15, 0.2) is 58.9 Å². The molecule has 160 valence electrons. The number of anilines is 2. The van der Waals surface area contributed by atoms with Crippen LogP contribution in [0.25, 0.3) is 0 Å². The van der Waals surface area contributed by atoms with E-state index in [2.05, 4.69) is 15.5 Å². The van der Waals surface area contributed by atoms with E-state index in [1.807, 2.05) is 37.3 Å². The number of halogens is 1. The fraction of sp³-hybridized carbons (Fsp3) is 0.273. The topological polar surface area (TPSA) is 75.2 Å². The summed E-state index contributed by atoms with van der Waals surface area (Å²) >= 11 is 2.60. The fourth-order valence-electron chi connectivity index (χ4n) is 3.06. The Hall–Kier alpha value is -2.78. The van der Waals surface area contributed by atoms with Gasteiger partial charge in [0.25, 0.3) is 0 Å². The van der Waals surface area contributed by atoms with Crippen molar-refractivity contribution in [1.82, 2.24) is 10.2 Å².